The lowest BCUT2D eigenvalue weighted by Gasteiger charge is -2.33. The SMILES string of the molecule is Cn1c(C(=O)N2CC3(CCNCC3)CC2C(=O)O)cc2c(Cl)cccc21. The van der Waals surface area contributed by atoms with Crippen LogP contribution in [0, 0.1) is 5.41 Å². The van der Waals surface area contributed by atoms with Crippen LogP contribution in [0.2, 0.25) is 5.02 Å². The first-order valence-corrected chi connectivity index (χ1v) is 9.28. The molecule has 1 unspecified atom stereocenters. The molecule has 1 atom stereocenters. The normalized spacial score (nSPS) is 22.2. The number of nitrogens with one attached hydrogen (secondary N) is 1. The number of rotatable bonds is 2. The fourth-order valence-electron chi connectivity index (χ4n) is 4.49. The van der Waals surface area contributed by atoms with Crippen LogP contribution in [0.25, 0.3) is 10.9 Å². The molecule has 3 heterocycles. The Labute approximate surface area is 156 Å². The van der Waals surface area contributed by atoms with Crippen LogP contribution >= 0.6 is 11.6 Å². The number of nitrogens with zero attached hydrogens (tertiary/aromatic N) is 2. The molecule has 7 heteroatoms. The van der Waals surface area contributed by atoms with Crippen molar-refractivity contribution in [3.8, 4) is 0 Å². The maximum atomic E-state index is 13.3. The van der Waals surface area contributed by atoms with Crippen LogP contribution in [0.5, 0.6) is 0 Å². The minimum Gasteiger partial charge on any atom is -0.480 e. The Kier molecular flexibility index (Phi) is 4.20. The summed E-state index contributed by atoms with van der Waals surface area (Å²) in [6.07, 6.45) is 2.34. The molecule has 6 nitrogen and oxygen atoms in total. The van der Waals surface area contributed by atoms with Gasteiger partial charge < -0.3 is 19.9 Å². The highest BCUT2D eigenvalue weighted by atomic mass is 35.5. The first kappa shape index (κ1) is 17.4. The third kappa shape index (κ3) is 2.68. The summed E-state index contributed by atoms with van der Waals surface area (Å²) in [5, 5.41) is 14.4. The summed E-state index contributed by atoms with van der Waals surface area (Å²) in [5.41, 5.74) is 1.25. The number of fused-ring (bicyclic) bond motifs is 1. The van der Waals surface area contributed by atoms with Gasteiger partial charge in [-0.25, -0.2) is 4.79 Å². The molecule has 0 aliphatic carbocycles. The Morgan fingerprint density at radius 3 is 2.69 bits per heavy atom. The zero-order valence-electron chi connectivity index (χ0n) is 14.7. The molecule has 1 spiro atoms. The van der Waals surface area contributed by atoms with Gasteiger partial charge in [0.25, 0.3) is 5.91 Å². The van der Waals surface area contributed by atoms with Crippen LogP contribution < -0.4 is 5.32 Å². The Morgan fingerprint density at radius 2 is 2.04 bits per heavy atom. The Bertz CT molecular complexity index is 886. The van der Waals surface area contributed by atoms with Gasteiger partial charge in [0.1, 0.15) is 11.7 Å². The molecule has 0 bridgehead atoms. The van der Waals surface area contributed by atoms with Gasteiger partial charge in [0, 0.05) is 29.5 Å². The van der Waals surface area contributed by atoms with Gasteiger partial charge in [0.2, 0.25) is 0 Å². The summed E-state index contributed by atoms with van der Waals surface area (Å²) in [4.78, 5) is 26.7. The molecule has 0 saturated carbocycles. The minimum atomic E-state index is -0.925. The van der Waals surface area contributed by atoms with E-state index < -0.39 is 12.0 Å². The quantitative estimate of drug-likeness (QED) is 0.845. The van der Waals surface area contributed by atoms with Crippen molar-refractivity contribution >= 4 is 34.4 Å². The molecule has 1 aromatic heterocycles. The molecular weight excluding hydrogens is 354 g/mol. The standard InChI is InChI=1S/C19H22ClN3O3/c1-22-14-4-2-3-13(20)12(14)9-15(22)17(24)23-11-19(5-7-21-8-6-19)10-16(23)18(25)26/h2-4,9,16,21H,5-8,10-11H2,1H3,(H,25,26). The fourth-order valence-corrected chi connectivity index (χ4v) is 4.71. The number of likely N-dealkylation sites (tertiary alicyclic amines) is 1. The lowest BCUT2D eigenvalue weighted by Crippen LogP contribution is -2.42. The third-order valence-electron chi connectivity index (χ3n) is 5.97. The summed E-state index contributed by atoms with van der Waals surface area (Å²) in [6, 6.07) is 6.54. The van der Waals surface area contributed by atoms with Crippen LogP contribution in [-0.2, 0) is 11.8 Å². The van der Waals surface area contributed by atoms with E-state index in [4.69, 9.17) is 11.6 Å². The largest absolute Gasteiger partial charge is 0.480 e. The van der Waals surface area contributed by atoms with E-state index in [-0.39, 0.29) is 11.3 Å². The Hall–Kier alpha value is -2.05. The highest BCUT2D eigenvalue weighted by Gasteiger charge is 2.49. The van der Waals surface area contributed by atoms with Crippen molar-refractivity contribution in [2.45, 2.75) is 25.3 Å². The predicted octanol–water partition coefficient (Wildman–Crippen LogP) is 2.50. The van der Waals surface area contributed by atoms with E-state index in [2.05, 4.69) is 5.32 Å². The van der Waals surface area contributed by atoms with Gasteiger partial charge in [-0.05, 0) is 56.0 Å². The number of benzene rings is 1. The number of amides is 1. The van der Waals surface area contributed by atoms with Crippen molar-refractivity contribution in [3.05, 3.63) is 35.0 Å². The van der Waals surface area contributed by atoms with E-state index in [9.17, 15) is 14.7 Å². The van der Waals surface area contributed by atoms with Crippen molar-refractivity contribution in [1.82, 2.24) is 14.8 Å². The first-order chi connectivity index (χ1) is 12.4. The van der Waals surface area contributed by atoms with E-state index in [1.807, 2.05) is 19.2 Å². The maximum Gasteiger partial charge on any atom is 0.326 e. The minimum absolute atomic E-state index is 0.0911. The number of carbonyl (C=O) groups is 2. The molecule has 2 aliphatic rings. The van der Waals surface area contributed by atoms with E-state index in [1.165, 1.54) is 0 Å². The molecule has 1 amide bonds. The van der Waals surface area contributed by atoms with Crippen LogP contribution in [0.1, 0.15) is 29.8 Å². The molecule has 2 saturated heterocycles. The van der Waals surface area contributed by atoms with Crippen molar-refractivity contribution in [3.63, 3.8) is 0 Å². The molecule has 26 heavy (non-hydrogen) atoms. The number of carboxylic acids is 1. The van der Waals surface area contributed by atoms with Crippen molar-refractivity contribution in [1.29, 1.82) is 0 Å². The van der Waals surface area contributed by atoms with E-state index in [0.717, 1.165) is 36.8 Å². The van der Waals surface area contributed by atoms with Crippen LogP contribution in [0.3, 0.4) is 0 Å². The van der Waals surface area contributed by atoms with Crippen molar-refractivity contribution in [2.24, 2.45) is 12.5 Å². The second kappa shape index (κ2) is 6.28. The lowest BCUT2D eigenvalue weighted by atomic mass is 9.77. The topological polar surface area (TPSA) is 74.6 Å². The van der Waals surface area contributed by atoms with Gasteiger partial charge in [-0.1, -0.05) is 17.7 Å². The number of piperidine rings is 1. The fraction of sp³-hybridized carbons (Fsp3) is 0.474. The number of aliphatic carboxylic acids is 1. The zero-order chi connectivity index (χ0) is 18.5. The molecule has 0 radical (unpaired) electrons. The molecular formula is C19H22ClN3O3. The van der Waals surface area contributed by atoms with Crippen LogP contribution in [0.15, 0.2) is 24.3 Å². The summed E-state index contributed by atoms with van der Waals surface area (Å²) in [6.45, 7) is 2.25. The maximum absolute atomic E-state index is 13.3. The highest BCUT2D eigenvalue weighted by molar-refractivity contribution is 6.35. The second-order valence-electron chi connectivity index (χ2n) is 7.50. The summed E-state index contributed by atoms with van der Waals surface area (Å²) in [7, 11) is 1.82. The van der Waals surface area contributed by atoms with Gasteiger partial charge in [0.15, 0.2) is 0 Å². The Morgan fingerprint density at radius 1 is 1.31 bits per heavy atom. The molecule has 4 rings (SSSR count). The molecule has 2 aliphatic heterocycles. The number of aryl methyl sites for hydroxylation is 1. The number of carboxylic acid groups (broad SMARTS) is 1. The summed E-state index contributed by atoms with van der Waals surface area (Å²) in [5.74, 6) is -1.16. The van der Waals surface area contributed by atoms with E-state index in [1.54, 1.807) is 21.6 Å². The third-order valence-corrected chi connectivity index (χ3v) is 6.30. The second-order valence-corrected chi connectivity index (χ2v) is 7.91. The number of hydrogen-bond donors (Lipinski definition) is 2. The average molecular weight is 376 g/mol. The van der Waals surface area contributed by atoms with Crippen molar-refractivity contribution in [2.75, 3.05) is 19.6 Å². The van der Waals surface area contributed by atoms with Crippen molar-refractivity contribution < 1.29 is 14.7 Å². The van der Waals surface area contributed by atoms with Gasteiger partial charge in [-0.3, -0.25) is 4.79 Å². The molecule has 2 fully saturated rings. The number of hydrogen-bond acceptors (Lipinski definition) is 3. The average Bonchev–Trinajstić information content (AvgIpc) is 3.15. The monoisotopic (exact) mass is 375 g/mol. The Balaban J connectivity index is 1.71. The number of carbonyl (C=O) groups excluding carboxylic acids is 1. The van der Waals surface area contributed by atoms with E-state index >= 15 is 0 Å². The van der Waals surface area contributed by atoms with Crippen LogP contribution in [0.4, 0.5) is 0 Å². The number of halogens is 1. The summed E-state index contributed by atoms with van der Waals surface area (Å²) >= 11 is 6.26. The first-order valence-electron chi connectivity index (χ1n) is 8.90. The zero-order valence-corrected chi connectivity index (χ0v) is 15.4. The molecule has 2 N–H and O–H groups in total. The van der Waals surface area contributed by atoms with E-state index in [0.29, 0.717) is 23.7 Å². The van der Waals surface area contributed by atoms with Crippen LogP contribution in [-0.4, -0.2) is 52.1 Å². The van der Waals surface area contributed by atoms with Gasteiger partial charge in [-0.2, -0.15) is 0 Å². The highest BCUT2D eigenvalue weighted by Crippen LogP contribution is 2.42. The smallest absolute Gasteiger partial charge is 0.326 e. The van der Waals surface area contributed by atoms with Gasteiger partial charge in [-0.15, -0.1) is 0 Å². The molecule has 1 aromatic carbocycles. The van der Waals surface area contributed by atoms with Gasteiger partial charge in [0.05, 0.1) is 0 Å². The lowest BCUT2D eigenvalue weighted by molar-refractivity contribution is -0.141. The number of aromatic nitrogens is 1. The molecule has 2 aromatic rings. The molecule has 138 valence electrons. The van der Waals surface area contributed by atoms with Gasteiger partial charge >= 0.3 is 5.97 Å². The predicted molar refractivity (Wildman–Crippen MR) is 99.5 cm³/mol. The summed E-state index contributed by atoms with van der Waals surface area (Å²) < 4.78 is 1.80.